The third-order valence-corrected chi connectivity index (χ3v) is 3.57. The molecule has 1 aromatic carbocycles. The lowest BCUT2D eigenvalue weighted by atomic mass is 9.68. The van der Waals surface area contributed by atoms with Crippen LogP contribution in [-0.4, -0.2) is 12.6 Å². The van der Waals surface area contributed by atoms with Gasteiger partial charge in [-0.25, -0.2) is 10.9 Å². The van der Waals surface area contributed by atoms with Crippen LogP contribution in [-0.2, 0) is 0 Å². The smallest absolute Gasteiger partial charge is 0.239 e. The Morgan fingerprint density at radius 3 is 2.00 bits per heavy atom. The Labute approximate surface area is 121 Å². The van der Waals surface area contributed by atoms with Crippen LogP contribution < -0.4 is 15.6 Å². The van der Waals surface area contributed by atoms with E-state index in [9.17, 15) is 21.0 Å². The number of ether oxygens (including phenoxy) is 1. The molecule has 1 aliphatic heterocycles. The van der Waals surface area contributed by atoms with E-state index in [2.05, 4.69) is 10.9 Å². The topological polar surface area (TPSA) is 128 Å². The Morgan fingerprint density at radius 2 is 1.57 bits per heavy atom. The zero-order valence-electron chi connectivity index (χ0n) is 11.1. The highest BCUT2D eigenvalue weighted by Crippen LogP contribution is 2.45. The maximum Gasteiger partial charge on any atom is 0.239 e. The van der Waals surface area contributed by atoms with Crippen molar-refractivity contribution in [3.63, 3.8) is 0 Å². The van der Waals surface area contributed by atoms with Crippen molar-refractivity contribution in [3.8, 4) is 30.0 Å². The Bertz CT molecular complexity index is 684. The second kappa shape index (κ2) is 5.12. The van der Waals surface area contributed by atoms with Gasteiger partial charge in [-0.05, 0) is 17.7 Å². The van der Waals surface area contributed by atoms with Crippen molar-refractivity contribution in [1.82, 2.24) is 10.9 Å². The standard InChI is InChI=1S/C14H10N6O/c1-21-11-4-2-10(3-5-11)12-13(6-15,7-16)14(8-17,9-18)20-19-12/h2-5,12,19-20H,1H3/t12-/m1/s1. The molecule has 0 bridgehead atoms. The van der Waals surface area contributed by atoms with E-state index >= 15 is 0 Å². The van der Waals surface area contributed by atoms with Gasteiger partial charge in [0, 0.05) is 0 Å². The number of rotatable bonds is 2. The van der Waals surface area contributed by atoms with Crippen LogP contribution in [0.5, 0.6) is 5.75 Å². The van der Waals surface area contributed by atoms with Crippen LogP contribution >= 0.6 is 0 Å². The summed E-state index contributed by atoms with van der Waals surface area (Å²) < 4.78 is 5.05. The van der Waals surface area contributed by atoms with Crippen molar-refractivity contribution in [2.45, 2.75) is 11.6 Å². The average Bonchev–Trinajstić information content (AvgIpc) is 2.89. The highest BCUT2D eigenvalue weighted by molar-refractivity contribution is 5.48. The lowest BCUT2D eigenvalue weighted by Gasteiger charge is -2.26. The number of nitriles is 4. The maximum absolute atomic E-state index is 9.47. The van der Waals surface area contributed by atoms with Crippen molar-refractivity contribution < 1.29 is 4.74 Å². The van der Waals surface area contributed by atoms with Gasteiger partial charge in [-0.15, -0.1) is 0 Å². The number of hydrogen-bond donors (Lipinski definition) is 2. The molecule has 2 N–H and O–H groups in total. The maximum atomic E-state index is 9.47. The molecule has 0 spiro atoms. The molecule has 0 amide bonds. The van der Waals surface area contributed by atoms with Crippen molar-refractivity contribution in [1.29, 1.82) is 21.0 Å². The quantitative estimate of drug-likeness (QED) is 0.813. The highest BCUT2D eigenvalue weighted by Gasteiger charge is 2.64. The SMILES string of the molecule is COc1ccc([C@H]2NNC(C#N)(C#N)C2(C#N)C#N)cc1. The number of hydrazine groups is 1. The minimum Gasteiger partial charge on any atom is -0.497 e. The van der Waals surface area contributed by atoms with E-state index in [1.807, 2.05) is 12.1 Å². The van der Waals surface area contributed by atoms with Crippen LogP contribution in [0.15, 0.2) is 24.3 Å². The van der Waals surface area contributed by atoms with Crippen molar-refractivity contribution in [2.24, 2.45) is 5.41 Å². The van der Waals surface area contributed by atoms with Crippen LogP contribution in [0.2, 0.25) is 0 Å². The zero-order valence-corrected chi connectivity index (χ0v) is 11.1. The van der Waals surface area contributed by atoms with Gasteiger partial charge in [0.15, 0.2) is 0 Å². The molecule has 0 aliphatic carbocycles. The highest BCUT2D eigenvalue weighted by atomic mass is 16.5. The van der Waals surface area contributed by atoms with E-state index < -0.39 is 17.0 Å². The second-order valence-electron chi connectivity index (χ2n) is 4.48. The molecule has 21 heavy (non-hydrogen) atoms. The first-order chi connectivity index (χ1) is 10.1. The van der Waals surface area contributed by atoms with Gasteiger partial charge in [0.05, 0.1) is 25.3 Å². The van der Waals surface area contributed by atoms with E-state index in [0.29, 0.717) is 11.3 Å². The van der Waals surface area contributed by atoms with Crippen LogP contribution in [0, 0.1) is 50.7 Å². The fourth-order valence-electron chi connectivity index (χ4n) is 2.31. The minimum atomic E-state index is -1.94. The van der Waals surface area contributed by atoms with Crippen LogP contribution in [0.25, 0.3) is 0 Å². The fraction of sp³-hybridized carbons (Fsp3) is 0.286. The molecule has 0 aromatic heterocycles. The normalized spacial score (nSPS) is 21.3. The van der Waals surface area contributed by atoms with Crippen molar-refractivity contribution in [3.05, 3.63) is 29.8 Å². The number of nitrogens with one attached hydrogen (secondary N) is 2. The molecule has 1 fully saturated rings. The molecule has 1 atom stereocenters. The lowest BCUT2D eigenvalue weighted by Crippen LogP contribution is -2.50. The molecule has 0 radical (unpaired) electrons. The molecule has 1 aliphatic rings. The van der Waals surface area contributed by atoms with Gasteiger partial charge >= 0.3 is 0 Å². The summed E-state index contributed by atoms with van der Waals surface area (Å²) in [7, 11) is 1.52. The minimum absolute atomic E-state index is 0.596. The van der Waals surface area contributed by atoms with E-state index in [0.717, 1.165) is 0 Å². The first-order valence-corrected chi connectivity index (χ1v) is 5.94. The van der Waals surface area contributed by atoms with E-state index in [1.165, 1.54) is 7.11 Å². The molecular weight excluding hydrogens is 268 g/mol. The number of methoxy groups -OCH3 is 1. The average molecular weight is 278 g/mol. The zero-order chi connectivity index (χ0) is 15.5. The molecule has 7 nitrogen and oxygen atoms in total. The van der Waals surface area contributed by atoms with Gasteiger partial charge in [-0.1, -0.05) is 12.1 Å². The van der Waals surface area contributed by atoms with Gasteiger partial charge in [0.1, 0.15) is 17.9 Å². The molecule has 7 heteroatoms. The summed E-state index contributed by atoms with van der Waals surface area (Å²) in [6, 6.07) is 13.0. The third-order valence-electron chi connectivity index (χ3n) is 3.57. The first-order valence-electron chi connectivity index (χ1n) is 5.94. The molecule has 102 valence electrons. The molecular formula is C14H10N6O. The van der Waals surface area contributed by atoms with Gasteiger partial charge in [-0.2, -0.15) is 21.0 Å². The van der Waals surface area contributed by atoms with E-state index in [4.69, 9.17) is 4.74 Å². The molecule has 0 unspecified atom stereocenters. The molecule has 1 saturated heterocycles. The summed E-state index contributed by atoms with van der Waals surface area (Å²) in [5, 5.41) is 37.5. The summed E-state index contributed by atoms with van der Waals surface area (Å²) >= 11 is 0. The lowest BCUT2D eigenvalue weighted by molar-refractivity contribution is 0.391. The number of nitrogens with zero attached hydrogens (tertiary/aromatic N) is 4. The van der Waals surface area contributed by atoms with Crippen molar-refractivity contribution in [2.75, 3.05) is 7.11 Å². The van der Waals surface area contributed by atoms with Gasteiger partial charge in [-0.3, -0.25) is 0 Å². The van der Waals surface area contributed by atoms with Crippen LogP contribution in [0.4, 0.5) is 0 Å². The second-order valence-corrected chi connectivity index (χ2v) is 4.48. The largest absolute Gasteiger partial charge is 0.497 e. The van der Waals surface area contributed by atoms with Crippen molar-refractivity contribution >= 4 is 0 Å². The third kappa shape index (κ3) is 1.78. The Hall–Kier alpha value is -3.10. The van der Waals surface area contributed by atoms with Crippen LogP contribution in [0.3, 0.4) is 0 Å². The molecule has 2 rings (SSSR count). The van der Waals surface area contributed by atoms with Gasteiger partial charge in [0.2, 0.25) is 11.0 Å². The number of benzene rings is 1. The summed E-state index contributed by atoms with van der Waals surface area (Å²) in [6.07, 6.45) is 0. The molecule has 0 saturated carbocycles. The molecule has 1 aromatic rings. The first kappa shape index (κ1) is 14.3. The Kier molecular flexibility index (Phi) is 3.49. The van der Waals surface area contributed by atoms with Gasteiger partial charge in [0.25, 0.3) is 0 Å². The van der Waals surface area contributed by atoms with E-state index in [1.54, 1.807) is 36.4 Å². The Morgan fingerprint density at radius 1 is 1.00 bits per heavy atom. The summed E-state index contributed by atoms with van der Waals surface area (Å²) in [5.74, 6) is 0.621. The predicted molar refractivity (Wildman–Crippen MR) is 69.6 cm³/mol. The van der Waals surface area contributed by atoms with E-state index in [-0.39, 0.29) is 0 Å². The number of hydrogen-bond acceptors (Lipinski definition) is 7. The summed E-state index contributed by atoms with van der Waals surface area (Å²) in [6.45, 7) is 0. The summed E-state index contributed by atoms with van der Waals surface area (Å²) in [4.78, 5) is 0. The molecule has 1 heterocycles. The fourth-order valence-corrected chi connectivity index (χ4v) is 2.31. The summed E-state index contributed by atoms with van der Waals surface area (Å²) in [5.41, 5.74) is 1.99. The van der Waals surface area contributed by atoms with Gasteiger partial charge < -0.3 is 4.74 Å². The van der Waals surface area contributed by atoms with Crippen LogP contribution in [0.1, 0.15) is 11.6 Å². The predicted octanol–water partition coefficient (Wildman–Crippen LogP) is 0.664. The Balaban J connectivity index is 2.56. The monoisotopic (exact) mass is 278 g/mol.